The first kappa shape index (κ1) is 20.2. The van der Waals surface area contributed by atoms with E-state index in [2.05, 4.69) is 10.6 Å². The lowest BCUT2D eigenvalue weighted by molar-refractivity contribution is 0.0926. The van der Waals surface area contributed by atoms with Crippen LogP contribution in [0.2, 0.25) is 5.02 Å². The molecule has 2 aromatic rings. The Morgan fingerprint density at radius 2 is 1.86 bits per heavy atom. The number of nitrogens with one attached hydrogen (secondary N) is 2. The number of halogens is 1. The van der Waals surface area contributed by atoms with E-state index in [0.29, 0.717) is 34.2 Å². The van der Waals surface area contributed by atoms with E-state index >= 15 is 0 Å². The standard InChI is InChI=1S/C22H25ClN2O3/c1-2-28-18-10-6-7-15(13-18)21(26)25-17-11-12-20(23)19(14-17)22(27)24-16-8-4-3-5-9-16/h6-7,10-14,16H,2-5,8-9H2,1H3,(H,24,27)(H,25,26). The van der Waals surface area contributed by atoms with E-state index in [4.69, 9.17) is 16.3 Å². The minimum absolute atomic E-state index is 0.192. The van der Waals surface area contributed by atoms with Gasteiger partial charge < -0.3 is 15.4 Å². The van der Waals surface area contributed by atoms with E-state index in [1.807, 2.05) is 6.92 Å². The molecule has 148 valence electrons. The van der Waals surface area contributed by atoms with E-state index in [1.165, 1.54) is 6.42 Å². The second-order valence-electron chi connectivity index (χ2n) is 6.92. The van der Waals surface area contributed by atoms with Gasteiger partial charge in [-0.3, -0.25) is 9.59 Å². The largest absolute Gasteiger partial charge is 0.494 e. The predicted octanol–water partition coefficient (Wildman–Crippen LogP) is 5.05. The van der Waals surface area contributed by atoms with Crippen molar-refractivity contribution < 1.29 is 14.3 Å². The van der Waals surface area contributed by atoms with E-state index in [-0.39, 0.29) is 17.9 Å². The van der Waals surface area contributed by atoms with Crippen LogP contribution in [0.25, 0.3) is 0 Å². The van der Waals surface area contributed by atoms with Crippen LogP contribution in [0.1, 0.15) is 59.7 Å². The molecular formula is C22H25ClN2O3. The molecule has 0 aromatic heterocycles. The summed E-state index contributed by atoms with van der Waals surface area (Å²) < 4.78 is 5.43. The number of amides is 2. The van der Waals surface area contributed by atoms with Gasteiger partial charge >= 0.3 is 0 Å². The van der Waals surface area contributed by atoms with Crippen LogP contribution >= 0.6 is 11.6 Å². The molecule has 0 spiro atoms. The Kier molecular flexibility index (Phi) is 6.93. The molecule has 0 radical (unpaired) electrons. The summed E-state index contributed by atoms with van der Waals surface area (Å²) in [5.74, 6) is 0.160. The van der Waals surface area contributed by atoms with Crippen molar-refractivity contribution in [1.82, 2.24) is 5.32 Å². The highest BCUT2D eigenvalue weighted by atomic mass is 35.5. The molecule has 28 heavy (non-hydrogen) atoms. The molecule has 0 atom stereocenters. The molecule has 0 heterocycles. The molecule has 6 heteroatoms. The van der Waals surface area contributed by atoms with Gasteiger partial charge in [-0.25, -0.2) is 0 Å². The third-order valence-corrected chi connectivity index (χ3v) is 5.15. The summed E-state index contributed by atoms with van der Waals surface area (Å²) in [6.45, 7) is 2.42. The average Bonchev–Trinajstić information content (AvgIpc) is 2.70. The lowest BCUT2D eigenvalue weighted by Gasteiger charge is -2.23. The Bertz CT molecular complexity index is 847. The van der Waals surface area contributed by atoms with Crippen molar-refractivity contribution in [2.45, 2.75) is 45.1 Å². The molecule has 3 rings (SSSR count). The number of benzene rings is 2. The van der Waals surface area contributed by atoms with E-state index in [9.17, 15) is 9.59 Å². The summed E-state index contributed by atoms with van der Waals surface area (Å²) in [5, 5.41) is 6.24. The van der Waals surface area contributed by atoms with Crippen LogP contribution in [0.5, 0.6) is 5.75 Å². The molecule has 0 unspecified atom stereocenters. The Hall–Kier alpha value is -2.53. The lowest BCUT2D eigenvalue weighted by atomic mass is 9.95. The Balaban J connectivity index is 1.70. The van der Waals surface area contributed by atoms with Crippen LogP contribution in [-0.4, -0.2) is 24.5 Å². The summed E-state index contributed by atoms with van der Waals surface area (Å²) >= 11 is 6.23. The van der Waals surface area contributed by atoms with Crippen molar-refractivity contribution in [2.24, 2.45) is 0 Å². The summed E-state index contributed by atoms with van der Waals surface area (Å²) in [7, 11) is 0. The molecule has 0 saturated heterocycles. The molecule has 5 nitrogen and oxygen atoms in total. The zero-order valence-corrected chi connectivity index (χ0v) is 16.7. The maximum atomic E-state index is 12.6. The molecule has 2 amide bonds. The van der Waals surface area contributed by atoms with E-state index in [1.54, 1.807) is 42.5 Å². The normalized spacial score (nSPS) is 14.4. The number of carbonyl (C=O) groups is 2. The minimum Gasteiger partial charge on any atom is -0.494 e. The molecule has 1 aliphatic carbocycles. The second kappa shape index (κ2) is 9.60. The fraction of sp³-hybridized carbons (Fsp3) is 0.364. The number of carbonyl (C=O) groups excluding carboxylic acids is 2. The van der Waals surface area contributed by atoms with Gasteiger partial charge in [0.15, 0.2) is 0 Å². The van der Waals surface area contributed by atoms with Crippen molar-refractivity contribution in [3.05, 3.63) is 58.6 Å². The molecular weight excluding hydrogens is 376 g/mol. The Morgan fingerprint density at radius 3 is 2.61 bits per heavy atom. The zero-order valence-electron chi connectivity index (χ0n) is 16.0. The van der Waals surface area contributed by atoms with Gasteiger partial charge in [0, 0.05) is 17.3 Å². The fourth-order valence-corrected chi connectivity index (χ4v) is 3.59. The van der Waals surface area contributed by atoms with Crippen molar-refractivity contribution in [3.63, 3.8) is 0 Å². The summed E-state index contributed by atoms with van der Waals surface area (Å²) in [6.07, 6.45) is 5.48. The van der Waals surface area contributed by atoms with Gasteiger partial charge in [-0.2, -0.15) is 0 Å². The maximum Gasteiger partial charge on any atom is 0.255 e. The lowest BCUT2D eigenvalue weighted by Crippen LogP contribution is -2.36. The van der Waals surface area contributed by atoms with Gasteiger partial charge in [-0.15, -0.1) is 0 Å². The van der Waals surface area contributed by atoms with E-state index in [0.717, 1.165) is 25.7 Å². The van der Waals surface area contributed by atoms with Crippen LogP contribution in [0.15, 0.2) is 42.5 Å². The van der Waals surface area contributed by atoms with Crippen LogP contribution in [0.4, 0.5) is 5.69 Å². The van der Waals surface area contributed by atoms with Crippen molar-refractivity contribution >= 4 is 29.1 Å². The van der Waals surface area contributed by atoms with Crippen LogP contribution in [-0.2, 0) is 0 Å². The number of hydrogen-bond donors (Lipinski definition) is 2. The SMILES string of the molecule is CCOc1cccc(C(=O)Nc2ccc(Cl)c(C(=O)NC3CCCCC3)c2)c1. The van der Waals surface area contributed by atoms with Crippen LogP contribution < -0.4 is 15.4 Å². The number of anilines is 1. The first-order valence-corrected chi connectivity index (χ1v) is 10.1. The van der Waals surface area contributed by atoms with Gasteiger partial charge in [0.1, 0.15) is 5.75 Å². The van der Waals surface area contributed by atoms with Gasteiger partial charge in [0.2, 0.25) is 0 Å². The van der Waals surface area contributed by atoms with Gasteiger partial charge in [-0.05, 0) is 56.2 Å². The fourth-order valence-electron chi connectivity index (χ4n) is 3.38. The molecule has 0 bridgehead atoms. The minimum atomic E-state index is -0.275. The highest BCUT2D eigenvalue weighted by Gasteiger charge is 2.19. The topological polar surface area (TPSA) is 67.4 Å². The van der Waals surface area contributed by atoms with Gasteiger partial charge in [-0.1, -0.05) is 36.9 Å². The van der Waals surface area contributed by atoms with Crippen LogP contribution in [0, 0.1) is 0 Å². The molecule has 2 N–H and O–H groups in total. The van der Waals surface area contributed by atoms with Crippen molar-refractivity contribution in [1.29, 1.82) is 0 Å². The molecule has 1 aliphatic rings. The highest BCUT2D eigenvalue weighted by molar-refractivity contribution is 6.34. The zero-order chi connectivity index (χ0) is 19.9. The van der Waals surface area contributed by atoms with E-state index < -0.39 is 0 Å². The number of ether oxygens (including phenoxy) is 1. The molecule has 2 aromatic carbocycles. The monoisotopic (exact) mass is 400 g/mol. The molecule has 0 aliphatic heterocycles. The van der Waals surface area contributed by atoms with Crippen LogP contribution in [0.3, 0.4) is 0 Å². The van der Waals surface area contributed by atoms with Gasteiger partial charge in [0.25, 0.3) is 11.8 Å². The van der Waals surface area contributed by atoms with Gasteiger partial charge in [0.05, 0.1) is 17.2 Å². The molecule has 1 fully saturated rings. The summed E-state index contributed by atoms with van der Waals surface area (Å²) in [5.41, 5.74) is 1.37. The Labute approximate surface area is 170 Å². The summed E-state index contributed by atoms with van der Waals surface area (Å²) in [4.78, 5) is 25.2. The Morgan fingerprint density at radius 1 is 1.07 bits per heavy atom. The first-order valence-electron chi connectivity index (χ1n) is 9.71. The predicted molar refractivity (Wildman–Crippen MR) is 111 cm³/mol. The van der Waals surface area contributed by atoms with Crippen molar-refractivity contribution in [2.75, 3.05) is 11.9 Å². The highest BCUT2D eigenvalue weighted by Crippen LogP contribution is 2.23. The second-order valence-corrected chi connectivity index (χ2v) is 7.33. The van der Waals surface area contributed by atoms with Crippen molar-refractivity contribution in [3.8, 4) is 5.75 Å². The average molecular weight is 401 g/mol. The molecule has 1 saturated carbocycles. The first-order chi connectivity index (χ1) is 13.6. The number of hydrogen-bond acceptors (Lipinski definition) is 3. The quantitative estimate of drug-likeness (QED) is 0.712. The smallest absolute Gasteiger partial charge is 0.255 e. The number of rotatable bonds is 6. The third-order valence-electron chi connectivity index (χ3n) is 4.82. The maximum absolute atomic E-state index is 12.6. The third kappa shape index (κ3) is 5.26. The summed E-state index contributed by atoms with van der Waals surface area (Å²) in [6, 6.07) is 12.1.